The van der Waals surface area contributed by atoms with Crippen molar-refractivity contribution in [2.75, 3.05) is 0 Å². The summed E-state index contributed by atoms with van der Waals surface area (Å²) in [5.74, 6) is -0.856. The Hall–Kier alpha value is -3.78. The van der Waals surface area contributed by atoms with Crippen molar-refractivity contribution < 1.29 is 19.4 Å². The molecule has 0 radical (unpaired) electrons. The smallest absolute Gasteiger partial charge is 0.335 e. The predicted octanol–water partition coefficient (Wildman–Crippen LogP) is 2.36. The predicted molar refractivity (Wildman–Crippen MR) is 101 cm³/mol. The van der Waals surface area contributed by atoms with Crippen molar-refractivity contribution in [3.05, 3.63) is 83.2 Å². The van der Waals surface area contributed by atoms with Gasteiger partial charge in [-0.25, -0.2) is 9.78 Å². The number of rotatable bonds is 7. The van der Waals surface area contributed by atoms with Crippen LogP contribution in [0.4, 0.5) is 0 Å². The molecule has 1 amide bonds. The minimum Gasteiger partial charge on any atom is -0.478 e. The Morgan fingerprint density at radius 3 is 2.57 bits per heavy atom. The van der Waals surface area contributed by atoms with Crippen molar-refractivity contribution in [2.24, 2.45) is 5.73 Å². The van der Waals surface area contributed by atoms with Crippen LogP contribution in [0.5, 0.6) is 11.8 Å². The molecule has 0 aliphatic rings. The Labute approximate surface area is 161 Å². The van der Waals surface area contributed by atoms with Crippen molar-refractivity contribution in [3.8, 4) is 11.8 Å². The summed E-state index contributed by atoms with van der Waals surface area (Å²) in [6.45, 7) is 0.542. The summed E-state index contributed by atoms with van der Waals surface area (Å²) >= 11 is 0. The van der Waals surface area contributed by atoms with Crippen LogP contribution in [0.2, 0.25) is 0 Å². The van der Waals surface area contributed by atoms with Crippen LogP contribution < -0.4 is 15.8 Å². The average molecular weight is 378 g/mol. The van der Waals surface area contributed by atoms with Crippen LogP contribution in [0.3, 0.4) is 0 Å². The number of nitrogens with one attached hydrogen (secondary N) is 1. The Kier molecular flexibility index (Phi) is 5.93. The van der Waals surface area contributed by atoms with Crippen LogP contribution in [-0.2, 0) is 13.1 Å². The highest BCUT2D eigenvalue weighted by molar-refractivity contribution is 5.94. The van der Waals surface area contributed by atoms with Crippen LogP contribution >= 0.6 is 0 Å². The van der Waals surface area contributed by atoms with Gasteiger partial charge < -0.3 is 20.9 Å². The maximum absolute atomic E-state index is 12.4. The second-order valence-electron chi connectivity index (χ2n) is 5.85. The second kappa shape index (κ2) is 8.74. The maximum Gasteiger partial charge on any atom is 0.335 e. The molecule has 3 rings (SSSR count). The molecule has 0 atom stereocenters. The highest BCUT2D eigenvalue weighted by Crippen LogP contribution is 2.19. The number of hydrogen-bond acceptors (Lipinski definition) is 6. The van der Waals surface area contributed by atoms with Crippen molar-refractivity contribution in [1.29, 1.82) is 0 Å². The Bertz CT molecular complexity index is 990. The number of carbonyl (C=O) groups excluding carboxylic acids is 1. The normalized spacial score (nSPS) is 10.3. The SMILES string of the molecule is NCc1ccnc(Oc2cccc(C(=O)NCc3ccc(C(=O)O)cc3)c2)n1. The fraction of sp³-hybridized carbons (Fsp3) is 0.100. The van der Waals surface area contributed by atoms with Gasteiger partial charge in [0.15, 0.2) is 0 Å². The van der Waals surface area contributed by atoms with E-state index in [0.717, 1.165) is 5.56 Å². The van der Waals surface area contributed by atoms with Gasteiger partial charge in [-0.2, -0.15) is 4.98 Å². The van der Waals surface area contributed by atoms with E-state index >= 15 is 0 Å². The summed E-state index contributed by atoms with van der Waals surface area (Å²) in [7, 11) is 0. The van der Waals surface area contributed by atoms with Crippen molar-refractivity contribution in [3.63, 3.8) is 0 Å². The van der Waals surface area contributed by atoms with Crippen LogP contribution in [0.1, 0.15) is 32.0 Å². The van der Waals surface area contributed by atoms with E-state index in [1.165, 1.54) is 12.1 Å². The number of carboxylic acids is 1. The van der Waals surface area contributed by atoms with Crippen LogP contribution in [0.25, 0.3) is 0 Å². The van der Waals surface area contributed by atoms with Gasteiger partial charge in [0, 0.05) is 24.8 Å². The molecule has 0 aliphatic heterocycles. The third kappa shape index (κ3) is 4.89. The Balaban J connectivity index is 1.64. The van der Waals surface area contributed by atoms with E-state index in [0.29, 0.717) is 17.0 Å². The zero-order valence-corrected chi connectivity index (χ0v) is 14.8. The quantitative estimate of drug-likeness (QED) is 0.576. The van der Waals surface area contributed by atoms with Crippen molar-refractivity contribution >= 4 is 11.9 Å². The molecule has 1 heterocycles. The first-order valence-corrected chi connectivity index (χ1v) is 8.45. The molecule has 8 nitrogen and oxygen atoms in total. The third-order valence-corrected chi connectivity index (χ3v) is 3.86. The number of hydrogen-bond donors (Lipinski definition) is 3. The first-order chi connectivity index (χ1) is 13.5. The van der Waals surface area contributed by atoms with E-state index in [1.807, 2.05) is 0 Å². The number of amides is 1. The van der Waals surface area contributed by atoms with Gasteiger partial charge in [-0.15, -0.1) is 0 Å². The lowest BCUT2D eigenvalue weighted by molar-refractivity contribution is 0.0696. The number of aromatic carboxylic acids is 1. The molecule has 3 aromatic rings. The fourth-order valence-corrected chi connectivity index (χ4v) is 2.39. The van der Waals surface area contributed by atoms with Gasteiger partial charge in [-0.3, -0.25) is 4.79 Å². The molecule has 1 aromatic heterocycles. The van der Waals surface area contributed by atoms with Gasteiger partial charge in [-0.1, -0.05) is 18.2 Å². The van der Waals surface area contributed by atoms with Gasteiger partial charge >= 0.3 is 12.0 Å². The summed E-state index contributed by atoms with van der Waals surface area (Å²) in [5.41, 5.74) is 7.60. The number of ether oxygens (including phenoxy) is 1. The summed E-state index contributed by atoms with van der Waals surface area (Å²) < 4.78 is 5.60. The molecule has 0 unspecified atom stereocenters. The first kappa shape index (κ1) is 19.0. The molecule has 4 N–H and O–H groups in total. The monoisotopic (exact) mass is 378 g/mol. The third-order valence-electron chi connectivity index (χ3n) is 3.86. The summed E-state index contributed by atoms with van der Waals surface area (Å²) in [4.78, 5) is 31.4. The van der Waals surface area contributed by atoms with E-state index in [2.05, 4.69) is 15.3 Å². The second-order valence-corrected chi connectivity index (χ2v) is 5.85. The topological polar surface area (TPSA) is 127 Å². The number of carbonyl (C=O) groups is 2. The van der Waals surface area contributed by atoms with Gasteiger partial charge in [-0.05, 0) is 42.0 Å². The van der Waals surface area contributed by atoms with Gasteiger partial charge in [0.25, 0.3) is 5.91 Å². The largest absolute Gasteiger partial charge is 0.478 e. The highest BCUT2D eigenvalue weighted by Gasteiger charge is 2.09. The minimum absolute atomic E-state index is 0.152. The molecule has 8 heteroatoms. The van der Waals surface area contributed by atoms with Gasteiger partial charge in [0.05, 0.1) is 11.3 Å². The minimum atomic E-state index is -0.992. The summed E-state index contributed by atoms with van der Waals surface area (Å²) in [6, 6.07) is 14.8. The van der Waals surface area contributed by atoms with Crippen molar-refractivity contribution in [2.45, 2.75) is 13.1 Å². The molecule has 0 aliphatic carbocycles. The fourth-order valence-electron chi connectivity index (χ4n) is 2.39. The molecule has 2 aromatic carbocycles. The molecule has 0 saturated heterocycles. The van der Waals surface area contributed by atoms with E-state index in [1.54, 1.807) is 48.7 Å². The van der Waals surface area contributed by atoms with E-state index in [-0.39, 0.29) is 30.6 Å². The van der Waals surface area contributed by atoms with Crippen LogP contribution in [-0.4, -0.2) is 27.0 Å². The average Bonchev–Trinajstić information content (AvgIpc) is 2.72. The van der Waals surface area contributed by atoms with E-state index < -0.39 is 5.97 Å². The summed E-state index contributed by atoms with van der Waals surface area (Å²) in [5, 5.41) is 11.7. The lowest BCUT2D eigenvalue weighted by Gasteiger charge is -2.08. The molecular formula is C20H18N4O4. The van der Waals surface area contributed by atoms with Crippen LogP contribution in [0, 0.1) is 0 Å². The summed E-state index contributed by atoms with van der Waals surface area (Å²) in [6.07, 6.45) is 1.55. The lowest BCUT2D eigenvalue weighted by atomic mass is 10.1. The van der Waals surface area contributed by atoms with Crippen LogP contribution in [0.15, 0.2) is 60.8 Å². The van der Waals surface area contributed by atoms with Gasteiger partial charge in [0.2, 0.25) is 0 Å². The molecule has 0 saturated carbocycles. The molecule has 142 valence electrons. The first-order valence-electron chi connectivity index (χ1n) is 8.45. The number of nitrogens with two attached hydrogens (primary N) is 1. The standard InChI is InChI=1S/C20H18N4O4/c21-11-16-8-9-22-20(24-16)28-17-3-1-2-15(10-17)18(25)23-12-13-4-6-14(7-5-13)19(26)27/h1-10H,11-12,21H2,(H,23,25)(H,26,27). The van der Waals surface area contributed by atoms with E-state index in [4.69, 9.17) is 15.6 Å². The molecule has 28 heavy (non-hydrogen) atoms. The van der Waals surface area contributed by atoms with Crippen molar-refractivity contribution in [1.82, 2.24) is 15.3 Å². The number of carboxylic acid groups (broad SMARTS) is 1. The number of benzene rings is 2. The number of nitrogens with zero attached hydrogens (tertiary/aromatic N) is 2. The Morgan fingerprint density at radius 1 is 1.07 bits per heavy atom. The number of aromatic nitrogens is 2. The van der Waals surface area contributed by atoms with E-state index in [9.17, 15) is 9.59 Å². The molecule has 0 spiro atoms. The van der Waals surface area contributed by atoms with Gasteiger partial charge in [0.1, 0.15) is 5.75 Å². The lowest BCUT2D eigenvalue weighted by Crippen LogP contribution is -2.22. The zero-order chi connectivity index (χ0) is 19.9. The Morgan fingerprint density at radius 2 is 1.86 bits per heavy atom. The molecule has 0 fully saturated rings. The highest BCUT2D eigenvalue weighted by atomic mass is 16.5. The molecule has 0 bridgehead atoms. The molecular weight excluding hydrogens is 360 g/mol. The maximum atomic E-state index is 12.4. The zero-order valence-electron chi connectivity index (χ0n) is 14.8.